The Morgan fingerprint density at radius 1 is 1.29 bits per heavy atom. The molecule has 0 fully saturated rings. The molecule has 2 N–H and O–H groups in total. The molecule has 4 heteroatoms. The molecule has 0 radical (unpaired) electrons. The second-order valence-corrected chi connectivity index (χ2v) is 4.32. The van der Waals surface area contributed by atoms with Crippen molar-refractivity contribution in [2.45, 2.75) is 39.3 Å². The second kappa shape index (κ2) is 5.96. The van der Waals surface area contributed by atoms with Gasteiger partial charge >= 0.3 is 0 Å². The number of hydrogen-bond donors (Lipinski definition) is 1. The number of benzene rings is 1. The Labute approximate surface area is 101 Å². The van der Waals surface area contributed by atoms with E-state index in [1.54, 1.807) is 24.1 Å². The van der Waals surface area contributed by atoms with Gasteiger partial charge in [-0.1, -0.05) is 19.4 Å². The van der Waals surface area contributed by atoms with E-state index in [0.717, 1.165) is 12.8 Å². The summed E-state index contributed by atoms with van der Waals surface area (Å²) in [5, 5.41) is 0. The first-order chi connectivity index (χ1) is 8.02. The van der Waals surface area contributed by atoms with E-state index in [1.807, 2.05) is 6.92 Å². The van der Waals surface area contributed by atoms with Gasteiger partial charge in [0.1, 0.15) is 0 Å². The Morgan fingerprint density at radius 2 is 1.94 bits per heavy atom. The van der Waals surface area contributed by atoms with Gasteiger partial charge in [-0.15, -0.1) is 0 Å². The standard InChI is InChI=1S/C13H20F2N2/c1-4-5-9(2)17(3)11-7-6-10(8-16)12(14)13(11)15/h6-7,9H,4-5,8,16H2,1-3H3. The van der Waals surface area contributed by atoms with Crippen molar-refractivity contribution in [3.63, 3.8) is 0 Å². The molecule has 0 heterocycles. The zero-order chi connectivity index (χ0) is 13.0. The number of nitrogens with two attached hydrogens (primary N) is 1. The van der Waals surface area contributed by atoms with Gasteiger partial charge in [0.05, 0.1) is 5.69 Å². The van der Waals surface area contributed by atoms with Crippen molar-refractivity contribution < 1.29 is 8.78 Å². The first-order valence-corrected chi connectivity index (χ1v) is 5.92. The van der Waals surface area contributed by atoms with E-state index in [1.165, 1.54) is 0 Å². The van der Waals surface area contributed by atoms with Gasteiger partial charge < -0.3 is 10.6 Å². The maximum Gasteiger partial charge on any atom is 0.182 e. The number of nitrogens with zero attached hydrogens (tertiary/aromatic N) is 1. The molecule has 0 saturated heterocycles. The summed E-state index contributed by atoms with van der Waals surface area (Å²) in [5.74, 6) is -1.64. The molecule has 0 spiro atoms. The van der Waals surface area contributed by atoms with Crippen molar-refractivity contribution in [1.29, 1.82) is 0 Å². The predicted molar refractivity (Wildman–Crippen MR) is 67.0 cm³/mol. The minimum atomic E-state index is -0.833. The molecule has 96 valence electrons. The third-order valence-corrected chi connectivity index (χ3v) is 3.11. The van der Waals surface area contributed by atoms with Crippen molar-refractivity contribution in [1.82, 2.24) is 0 Å². The quantitative estimate of drug-likeness (QED) is 0.860. The molecule has 0 aliphatic heterocycles. The number of hydrogen-bond acceptors (Lipinski definition) is 2. The molecule has 1 rings (SSSR count). The highest BCUT2D eigenvalue weighted by Gasteiger charge is 2.18. The highest BCUT2D eigenvalue weighted by Crippen LogP contribution is 2.25. The van der Waals surface area contributed by atoms with Gasteiger partial charge in [0.2, 0.25) is 0 Å². The second-order valence-electron chi connectivity index (χ2n) is 4.32. The SMILES string of the molecule is CCCC(C)N(C)c1ccc(CN)c(F)c1F. The summed E-state index contributed by atoms with van der Waals surface area (Å²) in [4.78, 5) is 1.77. The van der Waals surface area contributed by atoms with E-state index in [-0.39, 0.29) is 18.2 Å². The lowest BCUT2D eigenvalue weighted by molar-refractivity contribution is 0.493. The van der Waals surface area contributed by atoms with Crippen LogP contribution in [0.15, 0.2) is 12.1 Å². The molecule has 2 nitrogen and oxygen atoms in total. The topological polar surface area (TPSA) is 29.3 Å². The van der Waals surface area contributed by atoms with Gasteiger partial charge in [-0.25, -0.2) is 8.78 Å². The Bertz CT molecular complexity index is 380. The average molecular weight is 242 g/mol. The van der Waals surface area contributed by atoms with Crippen LogP contribution in [-0.2, 0) is 6.54 Å². The summed E-state index contributed by atoms with van der Waals surface area (Å²) in [5.41, 5.74) is 5.84. The highest BCUT2D eigenvalue weighted by molar-refractivity contribution is 5.50. The van der Waals surface area contributed by atoms with Crippen LogP contribution in [0.2, 0.25) is 0 Å². The molecular weight excluding hydrogens is 222 g/mol. The molecule has 0 aromatic heterocycles. The third kappa shape index (κ3) is 2.94. The van der Waals surface area contributed by atoms with E-state index in [2.05, 4.69) is 6.92 Å². The summed E-state index contributed by atoms with van der Waals surface area (Å²) < 4.78 is 27.4. The monoisotopic (exact) mass is 242 g/mol. The maximum absolute atomic E-state index is 13.8. The molecular formula is C13H20F2N2. The molecule has 0 aliphatic rings. The number of anilines is 1. The molecule has 1 aromatic carbocycles. The Kier molecular flexibility index (Phi) is 4.87. The fraction of sp³-hybridized carbons (Fsp3) is 0.538. The summed E-state index contributed by atoms with van der Waals surface area (Å²) in [6, 6.07) is 3.31. The summed E-state index contributed by atoms with van der Waals surface area (Å²) in [7, 11) is 1.78. The third-order valence-electron chi connectivity index (χ3n) is 3.11. The molecule has 1 atom stereocenters. The predicted octanol–water partition coefficient (Wildman–Crippen LogP) is 3.05. The van der Waals surface area contributed by atoms with Gasteiger partial charge in [-0.05, 0) is 19.4 Å². The average Bonchev–Trinajstić information content (AvgIpc) is 2.32. The first-order valence-electron chi connectivity index (χ1n) is 5.92. The van der Waals surface area contributed by atoms with Crippen LogP contribution in [0.3, 0.4) is 0 Å². The van der Waals surface area contributed by atoms with Crippen LogP contribution < -0.4 is 10.6 Å². The molecule has 0 amide bonds. The van der Waals surface area contributed by atoms with Crippen molar-refractivity contribution in [2.75, 3.05) is 11.9 Å². The minimum Gasteiger partial charge on any atom is -0.369 e. The van der Waals surface area contributed by atoms with Crippen LogP contribution in [0.4, 0.5) is 14.5 Å². The molecule has 0 bridgehead atoms. The fourth-order valence-electron chi connectivity index (χ4n) is 1.86. The van der Waals surface area contributed by atoms with Gasteiger partial charge in [0.15, 0.2) is 11.6 Å². The maximum atomic E-state index is 13.8. The van der Waals surface area contributed by atoms with Gasteiger partial charge in [-0.3, -0.25) is 0 Å². The molecule has 0 aliphatic carbocycles. The first kappa shape index (κ1) is 13.9. The van der Waals surface area contributed by atoms with E-state index in [9.17, 15) is 8.78 Å². The lowest BCUT2D eigenvalue weighted by Crippen LogP contribution is -2.29. The van der Waals surface area contributed by atoms with Crippen LogP contribution in [0, 0.1) is 11.6 Å². The van der Waals surface area contributed by atoms with E-state index < -0.39 is 11.6 Å². The van der Waals surface area contributed by atoms with Gasteiger partial charge in [0.25, 0.3) is 0 Å². The van der Waals surface area contributed by atoms with Crippen LogP contribution in [0.25, 0.3) is 0 Å². The van der Waals surface area contributed by atoms with Crippen molar-refractivity contribution in [2.24, 2.45) is 5.73 Å². The largest absolute Gasteiger partial charge is 0.369 e. The van der Waals surface area contributed by atoms with E-state index in [4.69, 9.17) is 5.73 Å². The van der Waals surface area contributed by atoms with Crippen molar-refractivity contribution in [3.05, 3.63) is 29.3 Å². The Hall–Kier alpha value is -1.16. The molecule has 1 unspecified atom stereocenters. The van der Waals surface area contributed by atoms with Crippen LogP contribution >= 0.6 is 0 Å². The molecule has 17 heavy (non-hydrogen) atoms. The van der Waals surface area contributed by atoms with Gasteiger partial charge in [-0.2, -0.15) is 0 Å². The van der Waals surface area contributed by atoms with Gasteiger partial charge in [0, 0.05) is 25.2 Å². The number of halogens is 2. The van der Waals surface area contributed by atoms with Crippen LogP contribution in [0.5, 0.6) is 0 Å². The van der Waals surface area contributed by atoms with Crippen LogP contribution in [-0.4, -0.2) is 13.1 Å². The van der Waals surface area contributed by atoms with E-state index >= 15 is 0 Å². The lowest BCUT2D eigenvalue weighted by Gasteiger charge is -2.27. The summed E-state index contributed by atoms with van der Waals surface area (Å²) in [6.07, 6.45) is 1.95. The zero-order valence-electron chi connectivity index (χ0n) is 10.6. The molecule has 1 aromatic rings. The summed E-state index contributed by atoms with van der Waals surface area (Å²) >= 11 is 0. The normalized spacial score (nSPS) is 12.6. The Morgan fingerprint density at radius 3 is 2.47 bits per heavy atom. The number of rotatable bonds is 5. The van der Waals surface area contributed by atoms with Crippen LogP contribution in [0.1, 0.15) is 32.3 Å². The Balaban J connectivity index is 3.03. The molecule has 0 saturated carbocycles. The van der Waals surface area contributed by atoms with E-state index in [0.29, 0.717) is 5.69 Å². The van der Waals surface area contributed by atoms with Crippen molar-refractivity contribution >= 4 is 5.69 Å². The fourth-order valence-corrected chi connectivity index (χ4v) is 1.86. The highest BCUT2D eigenvalue weighted by atomic mass is 19.2. The smallest absolute Gasteiger partial charge is 0.182 e. The summed E-state index contributed by atoms with van der Waals surface area (Å²) in [6.45, 7) is 4.08. The lowest BCUT2D eigenvalue weighted by atomic mass is 10.1. The zero-order valence-corrected chi connectivity index (χ0v) is 10.6. The van der Waals surface area contributed by atoms with Crippen molar-refractivity contribution in [3.8, 4) is 0 Å². The minimum absolute atomic E-state index is 0.0112.